The predicted molar refractivity (Wildman–Crippen MR) is 137 cm³/mol. The third kappa shape index (κ3) is 4.76. The van der Waals surface area contributed by atoms with E-state index in [0.717, 1.165) is 46.3 Å². The van der Waals surface area contributed by atoms with Gasteiger partial charge >= 0.3 is 0 Å². The van der Waals surface area contributed by atoms with Crippen molar-refractivity contribution in [3.05, 3.63) is 77.4 Å². The maximum absolute atomic E-state index is 13.3. The molecule has 184 valence electrons. The maximum Gasteiger partial charge on any atom is 0.235 e. The minimum atomic E-state index is -3.24. The van der Waals surface area contributed by atoms with E-state index in [-0.39, 0.29) is 26.4 Å². The van der Waals surface area contributed by atoms with Crippen LogP contribution in [0.3, 0.4) is 0 Å². The smallest absolute Gasteiger partial charge is 0.235 e. The molecule has 1 saturated carbocycles. The summed E-state index contributed by atoms with van der Waals surface area (Å²) in [4.78, 5) is 13.3. The lowest BCUT2D eigenvalue weighted by Gasteiger charge is -2.17. The first-order chi connectivity index (χ1) is 16.8. The van der Waals surface area contributed by atoms with Gasteiger partial charge in [-0.3, -0.25) is 4.79 Å². The number of anilines is 1. The van der Waals surface area contributed by atoms with Crippen LogP contribution < -0.4 is 19.5 Å². The SMILES string of the molecule is CCS(=O)(=O)NCc1ccc(-c2cc(NC(=O)C3(c4ccc5c(c4)OCO5)CC3)ccc2C)cc1.[HH]. The van der Waals surface area contributed by atoms with Crippen molar-refractivity contribution in [2.24, 2.45) is 0 Å². The topological polar surface area (TPSA) is 93.7 Å². The summed E-state index contributed by atoms with van der Waals surface area (Å²) in [7, 11) is -3.24. The first-order valence-corrected chi connectivity index (χ1v) is 13.3. The molecule has 0 atom stereocenters. The van der Waals surface area contributed by atoms with Crippen molar-refractivity contribution in [1.82, 2.24) is 4.72 Å². The van der Waals surface area contributed by atoms with Crippen LogP contribution in [-0.4, -0.2) is 26.9 Å². The number of carbonyl (C=O) groups excluding carboxylic acids is 1. The average molecular weight is 495 g/mol. The standard InChI is InChI=1S/C27H28N2O5S.H2/c1-3-35(31,32)28-16-19-5-7-20(8-6-19)23-15-22(10-4-18(23)2)29-26(30)27(12-13-27)21-9-11-24-25(14-21)34-17-33-24;/h4-11,14-15,28H,3,12-13,16-17H2,1-2H3,(H,29,30);1H. The third-order valence-corrected chi connectivity index (χ3v) is 8.09. The van der Waals surface area contributed by atoms with Crippen LogP contribution in [0.1, 0.15) is 37.9 Å². The Morgan fingerprint density at radius 2 is 1.74 bits per heavy atom. The van der Waals surface area contributed by atoms with E-state index < -0.39 is 15.4 Å². The Hall–Kier alpha value is -3.36. The van der Waals surface area contributed by atoms with Gasteiger partial charge in [0.1, 0.15) is 0 Å². The molecule has 5 rings (SSSR count). The second-order valence-corrected chi connectivity index (χ2v) is 11.2. The molecule has 0 saturated heterocycles. The minimum absolute atomic E-state index is 0. The van der Waals surface area contributed by atoms with E-state index in [2.05, 4.69) is 10.0 Å². The molecule has 35 heavy (non-hydrogen) atoms. The summed E-state index contributed by atoms with van der Waals surface area (Å²) in [6, 6.07) is 19.4. The van der Waals surface area contributed by atoms with Gasteiger partial charge in [-0.25, -0.2) is 13.1 Å². The third-order valence-electron chi connectivity index (χ3n) is 6.75. The number of ether oxygens (including phenoxy) is 2. The van der Waals surface area contributed by atoms with E-state index in [4.69, 9.17) is 9.47 Å². The highest BCUT2D eigenvalue weighted by Crippen LogP contribution is 2.51. The Kier molecular flexibility index (Phi) is 6.02. The van der Waals surface area contributed by atoms with E-state index in [1.807, 2.05) is 67.6 Å². The van der Waals surface area contributed by atoms with Crippen LogP contribution in [-0.2, 0) is 26.8 Å². The van der Waals surface area contributed by atoms with Gasteiger partial charge < -0.3 is 14.8 Å². The summed E-state index contributed by atoms with van der Waals surface area (Å²) in [5.74, 6) is 1.43. The fourth-order valence-electron chi connectivity index (χ4n) is 4.33. The molecule has 0 aromatic heterocycles. The fourth-order valence-corrected chi connectivity index (χ4v) is 4.92. The van der Waals surface area contributed by atoms with Crippen molar-refractivity contribution in [2.45, 2.75) is 38.6 Å². The van der Waals surface area contributed by atoms with E-state index in [0.29, 0.717) is 11.5 Å². The molecule has 7 nitrogen and oxygen atoms in total. The van der Waals surface area contributed by atoms with Crippen molar-refractivity contribution in [2.75, 3.05) is 17.9 Å². The van der Waals surface area contributed by atoms with Crippen molar-refractivity contribution in [3.63, 3.8) is 0 Å². The van der Waals surface area contributed by atoms with Gasteiger partial charge in [0.2, 0.25) is 22.7 Å². The largest absolute Gasteiger partial charge is 0.454 e. The molecule has 0 spiro atoms. The van der Waals surface area contributed by atoms with Gasteiger partial charge in [0, 0.05) is 13.7 Å². The molecule has 1 aliphatic heterocycles. The van der Waals surface area contributed by atoms with Crippen LogP contribution in [0, 0.1) is 6.92 Å². The van der Waals surface area contributed by atoms with Gasteiger partial charge in [-0.1, -0.05) is 36.4 Å². The van der Waals surface area contributed by atoms with Crippen LogP contribution >= 0.6 is 0 Å². The van der Waals surface area contributed by atoms with E-state index in [9.17, 15) is 13.2 Å². The lowest BCUT2D eigenvalue weighted by molar-refractivity contribution is -0.118. The Bertz CT molecular complexity index is 1390. The lowest BCUT2D eigenvalue weighted by Crippen LogP contribution is -2.27. The summed E-state index contributed by atoms with van der Waals surface area (Å²) in [6.07, 6.45) is 1.58. The molecular formula is C27H30N2O5S. The van der Waals surface area contributed by atoms with Gasteiger partial charge in [0.25, 0.3) is 0 Å². The van der Waals surface area contributed by atoms with Crippen LogP contribution in [0.4, 0.5) is 5.69 Å². The highest BCUT2D eigenvalue weighted by Gasteiger charge is 2.51. The number of rotatable bonds is 8. The molecule has 1 aliphatic carbocycles. The number of amides is 1. The number of hydrogen-bond donors (Lipinski definition) is 2. The molecule has 0 bridgehead atoms. The Labute approximate surface area is 207 Å². The number of aryl methyl sites for hydroxylation is 1. The van der Waals surface area contributed by atoms with Crippen LogP contribution in [0.25, 0.3) is 11.1 Å². The van der Waals surface area contributed by atoms with E-state index in [1.54, 1.807) is 6.92 Å². The average Bonchev–Trinajstić information content (AvgIpc) is 3.55. The minimum Gasteiger partial charge on any atom is -0.454 e. The summed E-state index contributed by atoms with van der Waals surface area (Å²) >= 11 is 0. The van der Waals surface area contributed by atoms with Crippen LogP contribution in [0.2, 0.25) is 0 Å². The molecule has 1 fully saturated rings. The van der Waals surface area contributed by atoms with E-state index in [1.165, 1.54) is 0 Å². The first kappa shape index (κ1) is 23.4. The summed E-state index contributed by atoms with van der Waals surface area (Å²) in [6.45, 7) is 4.10. The number of benzene rings is 3. The second-order valence-electron chi connectivity index (χ2n) is 9.06. The number of sulfonamides is 1. The highest BCUT2D eigenvalue weighted by molar-refractivity contribution is 7.89. The van der Waals surface area contributed by atoms with Crippen LogP contribution in [0.15, 0.2) is 60.7 Å². The summed E-state index contributed by atoms with van der Waals surface area (Å²) < 4.78 is 36.9. The van der Waals surface area contributed by atoms with Crippen molar-refractivity contribution in [1.29, 1.82) is 0 Å². The fraction of sp³-hybridized carbons (Fsp3) is 0.296. The zero-order chi connectivity index (χ0) is 24.6. The zero-order valence-electron chi connectivity index (χ0n) is 19.8. The van der Waals surface area contributed by atoms with Gasteiger partial charge in [-0.2, -0.15) is 0 Å². The Morgan fingerprint density at radius 3 is 2.46 bits per heavy atom. The van der Waals surface area contributed by atoms with Gasteiger partial charge in [0.15, 0.2) is 11.5 Å². The molecule has 2 N–H and O–H groups in total. The molecule has 3 aromatic carbocycles. The molecule has 0 unspecified atom stereocenters. The Balaban J connectivity index is 0.00000304. The predicted octanol–water partition coefficient (Wildman–Crippen LogP) is 4.75. The highest BCUT2D eigenvalue weighted by atomic mass is 32.2. The Morgan fingerprint density at radius 1 is 1.00 bits per heavy atom. The van der Waals surface area contributed by atoms with Gasteiger partial charge in [-0.05, 0) is 78.8 Å². The molecule has 1 heterocycles. The molecule has 1 amide bonds. The van der Waals surface area contributed by atoms with E-state index >= 15 is 0 Å². The lowest BCUT2D eigenvalue weighted by atomic mass is 9.94. The van der Waals surface area contributed by atoms with Crippen molar-refractivity contribution in [3.8, 4) is 22.6 Å². The molecule has 8 heteroatoms. The molecule has 0 radical (unpaired) electrons. The quantitative estimate of drug-likeness (QED) is 0.472. The summed E-state index contributed by atoms with van der Waals surface area (Å²) in [5.41, 5.74) is 5.11. The normalized spacial score (nSPS) is 15.6. The molecule has 2 aliphatic rings. The number of carbonyl (C=O) groups is 1. The zero-order valence-corrected chi connectivity index (χ0v) is 20.6. The number of fused-ring (bicyclic) bond motifs is 1. The van der Waals surface area contributed by atoms with Gasteiger partial charge in [0.05, 0.1) is 11.2 Å². The first-order valence-electron chi connectivity index (χ1n) is 11.7. The monoisotopic (exact) mass is 494 g/mol. The number of nitrogens with one attached hydrogen (secondary N) is 2. The maximum atomic E-state index is 13.3. The number of hydrogen-bond acceptors (Lipinski definition) is 5. The second kappa shape index (κ2) is 9.02. The van der Waals surface area contributed by atoms with Crippen LogP contribution in [0.5, 0.6) is 11.5 Å². The summed E-state index contributed by atoms with van der Waals surface area (Å²) in [5, 5.41) is 3.12. The van der Waals surface area contributed by atoms with Gasteiger partial charge in [-0.15, -0.1) is 0 Å². The molecule has 3 aromatic rings. The van der Waals surface area contributed by atoms with Crippen molar-refractivity contribution < 1.29 is 24.1 Å². The van der Waals surface area contributed by atoms with Crippen molar-refractivity contribution >= 4 is 21.6 Å². The molecular weight excluding hydrogens is 464 g/mol.